The van der Waals surface area contributed by atoms with Crippen molar-refractivity contribution < 1.29 is 140 Å². The van der Waals surface area contributed by atoms with Gasteiger partial charge in [-0.15, -0.1) is 0 Å². The van der Waals surface area contributed by atoms with Crippen molar-refractivity contribution in [3.63, 3.8) is 0 Å². The van der Waals surface area contributed by atoms with Crippen LogP contribution in [-0.2, 0) is 41.8 Å². The molecule has 0 saturated heterocycles. The fraction of sp³-hybridized carbons (Fsp3) is 0.0645. The van der Waals surface area contributed by atoms with E-state index in [9.17, 15) is 38.9 Å². The molecule has 1 unspecified atom stereocenters. The zero-order valence-corrected chi connectivity index (χ0v) is 34.8. The van der Waals surface area contributed by atoms with Gasteiger partial charge in [0.1, 0.15) is 0 Å². The first kappa shape index (κ1) is 39.4. The van der Waals surface area contributed by atoms with Crippen LogP contribution in [0.15, 0.2) is 78.4 Å². The number of rotatable bonds is 6. The zero-order valence-electron chi connectivity index (χ0n) is 26.4. The molecule has 1 heterocycles. The van der Waals surface area contributed by atoms with E-state index >= 15 is 0 Å². The minimum atomic E-state index is -5.38. The molecule has 1 atom stereocenters. The molecule has 238 valence electrons. The maximum Gasteiger partial charge on any atom is 1.00 e. The quantitative estimate of drug-likeness (QED) is 0.0519. The monoisotopic (exact) mass is 759 g/mol. The van der Waals surface area contributed by atoms with Crippen molar-refractivity contribution in [1.29, 1.82) is 0 Å². The number of nitrogens with zero attached hydrogens (tertiary/aromatic N) is 1. The van der Waals surface area contributed by atoms with Crippen molar-refractivity contribution in [3.8, 4) is 11.5 Å². The van der Waals surface area contributed by atoms with E-state index in [1.807, 2.05) is 0 Å². The second-order valence-corrected chi connectivity index (χ2v) is 13.9. The van der Waals surface area contributed by atoms with Gasteiger partial charge in [0, 0.05) is 38.3 Å². The molecule has 1 aromatic heterocycles. The van der Waals surface area contributed by atoms with Gasteiger partial charge in [0.15, 0.2) is 17.3 Å². The zero-order chi connectivity index (χ0) is 33.0. The molecular weight excluding hydrogens is 744 g/mol. The third-order valence-electron chi connectivity index (χ3n) is 8.38. The Morgan fingerprint density at radius 2 is 1.20 bits per heavy atom. The average molecular weight is 760 g/mol. The Balaban J connectivity index is 0.00000162. The molecule has 0 radical (unpaired) electrons. The Morgan fingerprint density at radius 3 is 1.84 bits per heavy atom. The molecule has 0 bridgehead atoms. The standard InChI is InChI=1S/C31H19NO12S3.3Na/c33-45(34,35)42-29-19-6-2-1-5-15(19)16-13-14-24-26-17(9-11-22(29)25(16)26)18-10-12-23-27(28(18)32-24)31(44-47(39,40)41)21-8-4-3-7-20(21)30(23)43-46(36,37)38;;;/h1-8,10-14,25H,9H2,(H,33,34,35)(H,36,37,38)(H,39,40,41);;;/q;3*+1/p-3. The summed E-state index contributed by atoms with van der Waals surface area (Å²) in [6.07, 6.45) is 5.41. The molecule has 0 N–H and O–H groups in total. The number of benzene rings is 4. The summed E-state index contributed by atoms with van der Waals surface area (Å²) >= 11 is 0. The SMILES string of the molecule is O=S(=O)([O-])OC1=c2ccccc2=C2C=Cc3nc4c(ccc5c(OS(=O)(=O)[O-])c6ccccc6c(OS(=O)(=O)[O-])c54)c4c3C2C1=CC4.[Na+].[Na+].[Na+]. The van der Waals surface area contributed by atoms with Crippen LogP contribution in [0.4, 0.5) is 0 Å². The van der Waals surface area contributed by atoms with Crippen LogP contribution in [0, 0.1) is 0 Å². The van der Waals surface area contributed by atoms with Crippen LogP contribution in [0.2, 0.25) is 0 Å². The first-order valence-corrected chi connectivity index (χ1v) is 17.7. The van der Waals surface area contributed by atoms with Crippen molar-refractivity contribution in [2.24, 2.45) is 0 Å². The molecule has 0 saturated carbocycles. The summed E-state index contributed by atoms with van der Waals surface area (Å²) < 4.78 is 122. The maximum absolute atomic E-state index is 12.0. The molecule has 3 aliphatic rings. The Hall–Kier alpha value is -1.84. The van der Waals surface area contributed by atoms with E-state index in [1.54, 1.807) is 48.6 Å². The Bertz CT molecular complexity index is 2840. The van der Waals surface area contributed by atoms with Gasteiger partial charge in [0.2, 0.25) is 0 Å². The normalized spacial score (nSPS) is 16.0. The molecule has 0 fully saturated rings. The average Bonchev–Trinajstić information content (AvgIpc) is 3.00. The number of hydrogen-bond donors (Lipinski definition) is 0. The van der Waals surface area contributed by atoms with E-state index < -0.39 is 48.6 Å². The molecule has 50 heavy (non-hydrogen) atoms. The third-order valence-corrected chi connectivity index (χ3v) is 9.50. The van der Waals surface area contributed by atoms with Crippen molar-refractivity contribution >= 4 is 81.1 Å². The van der Waals surface area contributed by atoms with Crippen LogP contribution >= 0.6 is 0 Å². The van der Waals surface area contributed by atoms with Gasteiger partial charge in [0.25, 0.3) is 31.2 Å². The van der Waals surface area contributed by atoms with Gasteiger partial charge in [0.05, 0.1) is 16.6 Å². The molecule has 0 aliphatic heterocycles. The summed E-state index contributed by atoms with van der Waals surface area (Å²) in [4.78, 5) is 4.84. The van der Waals surface area contributed by atoms with Crippen molar-refractivity contribution in [2.45, 2.75) is 12.3 Å². The Labute approximate surface area is 351 Å². The molecule has 13 nitrogen and oxygen atoms in total. The van der Waals surface area contributed by atoms with E-state index in [-0.39, 0.29) is 128 Å². The van der Waals surface area contributed by atoms with Crippen LogP contribution in [0.1, 0.15) is 22.7 Å². The van der Waals surface area contributed by atoms with E-state index in [1.165, 1.54) is 30.3 Å². The van der Waals surface area contributed by atoms with Gasteiger partial charge in [-0.25, -0.2) is 30.2 Å². The molecule has 0 amide bonds. The van der Waals surface area contributed by atoms with Crippen molar-refractivity contribution in [2.75, 3.05) is 0 Å². The predicted octanol–water partition coefficient (Wildman–Crippen LogP) is -6.73. The number of aromatic nitrogens is 1. The van der Waals surface area contributed by atoms with Crippen LogP contribution in [-0.4, -0.2) is 43.9 Å². The minimum absolute atomic E-state index is 0. The third kappa shape index (κ3) is 6.74. The number of pyridine rings is 1. The molecule has 19 heteroatoms. The largest absolute Gasteiger partial charge is 1.00 e. The summed E-state index contributed by atoms with van der Waals surface area (Å²) in [5.41, 5.74) is 3.09. The van der Waals surface area contributed by atoms with E-state index in [2.05, 4.69) is 0 Å². The van der Waals surface area contributed by atoms with E-state index in [4.69, 9.17) is 17.5 Å². The fourth-order valence-corrected chi connectivity index (χ4v) is 8.04. The second-order valence-electron chi connectivity index (χ2n) is 10.9. The topological polar surface area (TPSA) is 212 Å². The number of allylic oxidation sites excluding steroid dienone is 2. The van der Waals surface area contributed by atoms with Gasteiger partial charge >= 0.3 is 88.7 Å². The van der Waals surface area contributed by atoms with Gasteiger partial charge in [-0.2, -0.15) is 0 Å². The van der Waals surface area contributed by atoms with Crippen molar-refractivity contribution in [1.82, 2.24) is 4.98 Å². The summed E-state index contributed by atoms with van der Waals surface area (Å²) in [7, 11) is -15.9. The first-order valence-electron chi connectivity index (χ1n) is 13.7. The summed E-state index contributed by atoms with van der Waals surface area (Å²) in [6, 6.07) is 15.6. The van der Waals surface area contributed by atoms with Gasteiger partial charge in [-0.1, -0.05) is 66.7 Å². The van der Waals surface area contributed by atoms with Crippen LogP contribution in [0.3, 0.4) is 0 Å². The predicted molar refractivity (Wildman–Crippen MR) is 164 cm³/mol. The van der Waals surface area contributed by atoms with Gasteiger partial charge in [-0.3, -0.25) is 0 Å². The van der Waals surface area contributed by atoms with Gasteiger partial charge < -0.3 is 26.2 Å². The molecule has 4 aromatic carbocycles. The Morgan fingerprint density at radius 1 is 0.640 bits per heavy atom. The second kappa shape index (κ2) is 13.9. The fourth-order valence-electron chi connectivity index (χ4n) is 6.88. The van der Waals surface area contributed by atoms with Crippen LogP contribution in [0.25, 0.3) is 49.9 Å². The Kier molecular flexibility index (Phi) is 10.9. The first-order chi connectivity index (χ1) is 22.2. The maximum atomic E-state index is 12.0. The van der Waals surface area contributed by atoms with E-state index in [0.717, 1.165) is 5.57 Å². The minimum Gasteiger partial charge on any atom is -0.716 e. The number of hydrogen-bond acceptors (Lipinski definition) is 13. The molecule has 0 spiro atoms. The molecule has 5 aromatic rings. The molecule has 8 rings (SSSR count). The van der Waals surface area contributed by atoms with E-state index in [0.29, 0.717) is 38.2 Å². The smallest absolute Gasteiger partial charge is 0.716 e. The number of fused-ring (bicyclic) bond motifs is 6. The molecule has 3 aliphatic carbocycles. The molecular formula is C31H16NNa3O12S3. The summed E-state index contributed by atoms with van der Waals surface area (Å²) in [5, 5.41) is 1.31. The van der Waals surface area contributed by atoms with Crippen LogP contribution < -0.4 is 107 Å². The van der Waals surface area contributed by atoms with Gasteiger partial charge in [-0.05, 0) is 40.5 Å². The summed E-state index contributed by atoms with van der Waals surface area (Å²) in [6.45, 7) is 0. The van der Waals surface area contributed by atoms with Crippen LogP contribution in [0.5, 0.6) is 11.5 Å². The van der Waals surface area contributed by atoms with Crippen molar-refractivity contribution in [3.05, 3.63) is 106 Å². The summed E-state index contributed by atoms with van der Waals surface area (Å²) in [5.74, 6) is -1.55.